The number of nitrogens with one attached hydrogen (secondary N) is 1. The molecule has 1 aliphatic carbocycles. The van der Waals surface area contributed by atoms with E-state index >= 15 is 0 Å². The molecule has 1 amide bonds. The van der Waals surface area contributed by atoms with Crippen LogP contribution in [0.3, 0.4) is 0 Å². The van der Waals surface area contributed by atoms with Gasteiger partial charge in [0.05, 0.1) is 0 Å². The Kier molecular flexibility index (Phi) is 6.62. The molecule has 0 heterocycles. The Morgan fingerprint density at radius 1 is 1.10 bits per heavy atom. The monoisotopic (exact) mass is 431 g/mol. The molecule has 6 heteroatoms. The topological polar surface area (TPSA) is 55.4 Å². The summed E-state index contributed by atoms with van der Waals surface area (Å²) >= 11 is 0. The number of carbonyl (C=O) groups excluding carboxylic acids is 2. The SMILES string of the molecule is Cc1cc(F)cc(C)c1NC(=O)C1([PH](C)(C)CC(=O)OCc2ccccc2)CCC1. The number of hydrogen-bond acceptors (Lipinski definition) is 3. The minimum atomic E-state index is -2.29. The molecule has 2 aromatic carbocycles. The summed E-state index contributed by atoms with van der Waals surface area (Å²) in [6, 6.07) is 12.4. The predicted octanol–water partition coefficient (Wildman–Crippen LogP) is 5.06. The Hall–Kier alpha value is -2.26. The quantitative estimate of drug-likeness (QED) is 0.493. The minimum absolute atomic E-state index is 0.0425. The van der Waals surface area contributed by atoms with Gasteiger partial charge in [0.25, 0.3) is 0 Å². The van der Waals surface area contributed by atoms with Gasteiger partial charge in [-0.3, -0.25) is 0 Å². The second-order valence-corrected chi connectivity index (χ2v) is 14.1. The summed E-state index contributed by atoms with van der Waals surface area (Å²) in [6.45, 7) is 8.03. The third-order valence-corrected chi connectivity index (χ3v) is 11.0. The van der Waals surface area contributed by atoms with Crippen molar-refractivity contribution in [1.29, 1.82) is 0 Å². The number of benzene rings is 2. The van der Waals surface area contributed by atoms with Gasteiger partial charge in [-0.25, -0.2) is 0 Å². The van der Waals surface area contributed by atoms with E-state index in [1.54, 1.807) is 13.8 Å². The van der Waals surface area contributed by atoms with Gasteiger partial charge in [0.15, 0.2) is 0 Å². The second-order valence-electron chi connectivity index (χ2n) is 9.01. The van der Waals surface area contributed by atoms with E-state index in [-0.39, 0.29) is 24.3 Å². The van der Waals surface area contributed by atoms with Crippen LogP contribution in [-0.4, -0.2) is 36.5 Å². The molecular formula is C24H31FNO3P. The maximum absolute atomic E-state index is 13.6. The fourth-order valence-electron chi connectivity index (χ4n) is 4.40. The van der Waals surface area contributed by atoms with Crippen LogP contribution in [-0.2, 0) is 20.9 Å². The Bertz CT molecular complexity index is 916. The van der Waals surface area contributed by atoms with E-state index in [1.165, 1.54) is 12.1 Å². The van der Waals surface area contributed by atoms with Crippen LogP contribution >= 0.6 is 7.26 Å². The Balaban J connectivity index is 1.71. The molecule has 0 aromatic heterocycles. The zero-order chi connectivity index (χ0) is 21.9. The fourth-order valence-corrected chi connectivity index (χ4v) is 7.95. The number of carbonyl (C=O) groups is 2. The zero-order valence-corrected chi connectivity index (χ0v) is 19.2. The standard InChI is InChI=1S/C24H31FNO3P/c1-17-13-20(25)14-18(2)22(17)26-23(28)24(11-8-12-24)30(3,4)16-21(27)29-15-19-9-6-5-7-10-19/h5-7,9-10,13-14,30H,8,11-12,15-16H2,1-4H3,(H,26,28). The molecule has 1 saturated carbocycles. The van der Waals surface area contributed by atoms with Gasteiger partial charge in [0, 0.05) is 0 Å². The third kappa shape index (κ3) is 4.57. The molecule has 30 heavy (non-hydrogen) atoms. The molecule has 0 bridgehead atoms. The average molecular weight is 431 g/mol. The molecule has 1 aliphatic rings. The first kappa shape index (κ1) is 22.4. The van der Waals surface area contributed by atoms with Gasteiger partial charge in [-0.15, -0.1) is 0 Å². The van der Waals surface area contributed by atoms with Crippen molar-refractivity contribution in [3.63, 3.8) is 0 Å². The fraction of sp³-hybridized carbons (Fsp3) is 0.417. The van der Waals surface area contributed by atoms with Crippen LogP contribution in [0, 0.1) is 19.7 Å². The molecule has 0 spiro atoms. The number of amides is 1. The van der Waals surface area contributed by atoms with E-state index in [4.69, 9.17) is 4.74 Å². The Morgan fingerprint density at radius 2 is 1.70 bits per heavy atom. The van der Waals surface area contributed by atoms with E-state index in [2.05, 4.69) is 18.6 Å². The van der Waals surface area contributed by atoms with Crippen molar-refractivity contribution in [3.8, 4) is 0 Å². The van der Waals surface area contributed by atoms with Gasteiger partial charge < -0.3 is 0 Å². The van der Waals surface area contributed by atoms with E-state index in [0.29, 0.717) is 23.0 Å². The van der Waals surface area contributed by atoms with Crippen LogP contribution in [0.25, 0.3) is 0 Å². The molecule has 162 valence electrons. The van der Waals surface area contributed by atoms with Crippen molar-refractivity contribution in [2.45, 2.75) is 44.9 Å². The van der Waals surface area contributed by atoms with Gasteiger partial charge in [0.1, 0.15) is 0 Å². The molecular weight excluding hydrogens is 400 g/mol. The van der Waals surface area contributed by atoms with E-state index in [9.17, 15) is 14.0 Å². The summed E-state index contributed by atoms with van der Waals surface area (Å²) < 4.78 is 19.1. The summed E-state index contributed by atoms with van der Waals surface area (Å²) in [5.41, 5.74) is 3.03. The molecule has 0 radical (unpaired) electrons. The summed E-state index contributed by atoms with van der Waals surface area (Å²) in [4.78, 5) is 26.0. The normalized spacial score (nSPS) is 15.8. The molecule has 1 fully saturated rings. The Labute approximate surface area is 178 Å². The summed E-state index contributed by atoms with van der Waals surface area (Å²) in [7, 11) is -2.29. The van der Waals surface area contributed by atoms with Gasteiger partial charge in [-0.2, -0.15) is 0 Å². The van der Waals surface area contributed by atoms with Crippen LogP contribution in [0.2, 0.25) is 0 Å². The average Bonchev–Trinajstić information content (AvgIpc) is 2.62. The van der Waals surface area contributed by atoms with E-state index < -0.39 is 12.4 Å². The molecule has 0 saturated heterocycles. The maximum atomic E-state index is 13.6. The molecule has 0 unspecified atom stereocenters. The number of halogens is 1. The third-order valence-electron chi connectivity index (χ3n) is 6.50. The molecule has 4 nitrogen and oxygen atoms in total. The first-order valence-corrected chi connectivity index (χ1v) is 13.6. The van der Waals surface area contributed by atoms with Crippen LogP contribution < -0.4 is 5.32 Å². The van der Waals surface area contributed by atoms with Crippen molar-refractivity contribution < 1.29 is 18.7 Å². The van der Waals surface area contributed by atoms with Crippen molar-refractivity contribution in [2.75, 3.05) is 24.8 Å². The molecule has 1 N–H and O–H groups in total. The summed E-state index contributed by atoms with van der Waals surface area (Å²) in [5.74, 6) is -0.597. The summed E-state index contributed by atoms with van der Waals surface area (Å²) in [6.07, 6.45) is 2.84. The van der Waals surface area contributed by atoms with Crippen LogP contribution in [0.1, 0.15) is 36.0 Å². The first-order chi connectivity index (χ1) is 14.1. The van der Waals surface area contributed by atoms with Crippen molar-refractivity contribution >= 4 is 24.8 Å². The van der Waals surface area contributed by atoms with Gasteiger partial charge in [0.2, 0.25) is 0 Å². The van der Waals surface area contributed by atoms with Crippen molar-refractivity contribution in [2.24, 2.45) is 0 Å². The van der Waals surface area contributed by atoms with Gasteiger partial charge >= 0.3 is 178 Å². The first-order valence-electron chi connectivity index (χ1n) is 10.4. The number of esters is 1. The van der Waals surface area contributed by atoms with Crippen LogP contribution in [0.4, 0.5) is 10.1 Å². The number of hydrogen-bond donors (Lipinski definition) is 1. The zero-order valence-electron chi connectivity index (χ0n) is 18.2. The number of aryl methyl sites for hydroxylation is 2. The van der Waals surface area contributed by atoms with Gasteiger partial charge in [-0.05, 0) is 0 Å². The van der Waals surface area contributed by atoms with Crippen LogP contribution in [0.5, 0.6) is 0 Å². The molecule has 0 aliphatic heterocycles. The molecule has 2 aromatic rings. The molecule has 0 atom stereocenters. The number of anilines is 1. The van der Waals surface area contributed by atoms with Crippen molar-refractivity contribution in [3.05, 3.63) is 65.0 Å². The predicted molar refractivity (Wildman–Crippen MR) is 122 cm³/mol. The second kappa shape index (κ2) is 8.85. The van der Waals surface area contributed by atoms with Gasteiger partial charge in [-0.1, -0.05) is 0 Å². The van der Waals surface area contributed by atoms with E-state index in [0.717, 1.165) is 24.8 Å². The Morgan fingerprint density at radius 3 is 2.23 bits per heavy atom. The van der Waals surface area contributed by atoms with Crippen molar-refractivity contribution in [1.82, 2.24) is 0 Å². The molecule has 3 rings (SSSR count). The number of rotatable bonds is 7. The van der Waals surface area contributed by atoms with E-state index in [1.807, 2.05) is 30.3 Å². The van der Waals surface area contributed by atoms with Crippen LogP contribution in [0.15, 0.2) is 42.5 Å². The summed E-state index contributed by atoms with van der Waals surface area (Å²) in [5, 5.41) is 2.55. The number of ether oxygens (including phenoxy) is 1.